The number of benzene rings is 2. The van der Waals surface area contributed by atoms with E-state index < -0.39 is 12.0 Å². The molecular weight excluding hydrogens is 492 g/mol. The van der Waals surface area contributed by atoms with Gasteiger partial charge in [0, 0.05) is 31.0 Å². The number of amides is 1. The zero-order valence-corrected chi connectivity index (χ0v) is 21.6. The molecule has 1 aliphatic heterocycles. The SMILES string of the molecule is CC(=O)Nc1ccc(C=O)cc1.NCCC[C@H](N)C(=O)O.NCCc1ccccc1.O=C1CCCC(=O)O1. The molecule has 0 spiro atoms. The van der Waals surface area contributed by atoms with Crippen LogP contribution < -0.4 is 22.5 Å². The quantitative estimate of drug-likeness (QED) is 0.191. The fraction of sp³-hybridized carbons (Fsp3) is 0.370. The highest BCUT2D eigenvalue weighted by atomic mass is 16.6. The lowest BCUT2D eigenvalue weighted by molar-refractivity contribution is -0.163. The number of ether oxygens (including phenoxy) is 1. The number of aliphatic carboxylic acids is 1. The number of anilines is 1. The van der Waals surface area contributed by atoms with E-state index in [4.69, 9.17) is 22.3 Å². The molecule has 38 heavy (non-hydrogen) atoms. The Hall–Kier alpha value is -3.93. The van der Waals surface area contributed by atoms with E-state index in [9.17, 15) is 24.0 Å². The van der Waals surface area contributed by atoms with Crippen molar-refractivity contribution in [3.63, 3.8) is 0 Å². The van der Waals surface area contributed by atoms with Crippen molar-refractivity contribution in [3.05, 3.63) is 65.7 Å². The van der Waals surface area contributed by atoms with Crippen LogP contribution in [0.1, 0.15) is 54.9 Å². The molecule has 208 valence electrons. The van der Waals surface area contributed by atoms with E-state index >= 15 is 0 Å². The van der Waals surface area contributed by atoms with E-state index in [1.807, 2.05) is 18.2 Å². The Morgan fingerprint density at radius 2 is 1.58 bits per heavy atom. The molecule has 0 unspecified atom stereocenters. The van der Waals surface area contributed by atoms with Gasteiger partial charge in [-0.05, 0) is 68.6 Å². The number of nitrogens with one attached hydrogen (secondary N) is 1. The van der Waals surface area contributed by atoms with Crippen LogP contribution in [-0.2, 0) is 30.3 Å². The van der Waals surface area contributed by atoms with E-state index in [2.05, 4.69) is 22.2 Å². The maximum absolute atomic E-state index is 10.6. The summed E-state index contributed by atoms with van der Waals surface area (Å²) < 4.78 is 4.21. The second kappa shape index (κ2) is 21.2. The third-order valence-electron chi connectivity index (χ3n) is 4.67. The first-order chi connectivity index (χ1) is 18.1. The van der Waals surface area contributed by atoms with E-state index in [1.54, 1.807) is 24.3 Å². The molecule has 0 aromatic heterocycles. The molecule has 1 atom stereocenters. The van der Waals surface area contributed by atoms with Crippen molar-refractivity contribution >= 4 is 35.8 Å². The van der Waals surface area contributed by atoms with Crippen LogP contribution in [0.4, 0.5) is 5.69 Å². The largest absolute Gasteiger partial charge is 0.480 e. The average Bonchev–Trinajstić information content (AvgIpc) is 2.89. The van der Waals surface area contributed by atoms with Crippen LogP contribution in [0.2, 0.25) is 0 Å². The van der Waals surface area contributed by atoms with Gasteiger partial charge < -0.3 is 32.4 Å². The summed E-state index contributed by atoms with van der Waals surface area (Å²) >= 11 is 0. The minimum Gasteiger partial charge on any atom is -0.480 e. The van der Waals surface area contributed by atoms with Gasteiger partial charge in [-0.15, -0.1) is 0 Å². The highest BCUT2D eigenvalue weighted by Crippen LogP contribution is 2.07. The molecule has 0 aliphatic carbocycles. The summed E-state index contributed by atoms with van der Waals surface area (Å²) in [5.74, 6) is -1.85. The van der Waals surface area contributed by atoms with Crippen LogP contribution in [0.25, 0.3) is 0 Å². The third kappa shape index (κ3) is 18.4. The molecule has 0 radical (unpaired) electrons. The Morgan fingerprint density at radius 3 is 1.97 bits per heavy atom. The smallest absolute Gasteiger partial charge is 0.320 e. The zero-order valence-electron chi connectivity index (χ0n) is 21.6. The minimum atomic E-state index is -0.955. The summed E-state index contributed by atoms with van der Waals surface area (Å²) in [7, 11) is 0. The Balaban J connectivity index is 0.000000486. The van der Waals surface area contributed by atoms with Crippen molar-refractivity contribution in [1.82, 2.24) is 0 Å². The molecule has 0 bridgehead atoms. The summed E-state index contributed by atoms with van der Waals surface area (Å²) in [6, 6.07) is 16.2. The number of carbonyl (C=O) groups is 5. The molecule has 1 heterocycles. The molecule has 11 heteroatoms. The third-order valence-corrected chi connectivity index (χ3v) is 4.67. The number of carboxylic acid groups (broad SMARTS) is 1. The molecule has 11 nitrogen and oxygen atoms in total. The minimum absolute atomic E-state index is 0.117. The van der Waals surface area contributed by atoms with Crippen LogP contribution in [0.3, 0.4) is 0 Å². The topological polar surface area (TPSA) is 205 Å². The van der Waals surface area contributed by atoms with Gasteiger partial charge in [-0.3, -0.25) is 24.0 Å². The molecule has 1 aliphatic rings. The number of hydrogen-bond acceptors (Lipinski definition) is 9. The van der Waals surface area contributed by atoms with Crippen LogP contribution in [-0.4, -0.2) is 54.3 Å². The fourth-order valence-electron chi connectivity index (χ4n) is 2.73. The molecule has 2 aromatic rings. The number of aldehydes is 1. The Labute approximate surface area is 222 Å². The number of rotatable bonds is 8. The second-order valence-corrected chi connectivity index (χ2v) is 8.02. The van der Waals surface area contributed by atoms with E-state index in [-0.39, 0.29) is 17.8 Å². The lowest BCUT2D eigenvalue weighted by Gasteiger charge is -2.06. The van der Waals surface area contributed by atoms with Crippen molar-refractivity contribution < 1.29 is 33.8 Å². The maximum atomic E-state index is 10.6. The van der Waals surface area contributed by atoms with Gasteiger partial charge in [-0.25, -0.2) is 0 Å². The maximum Gasteiger partial charge on any atom is 0.320 e. The summed E-state index contributed by atoms with van der Waals surface area (Å²) in [6.45, 7) is 2.68. The van der Waals surface area contributed by atoms with Gasteiger partial charge in [0.1, 0.15) is 12.3 Å². The first kappa shape index (κ1) is 34.1. The highest BCUT2D eigenvalue weighted by Gasteiger charge is 2.16. The van der Waals surface area contributed by atoms with Gasteiger partial charge in [-0.2, -0.15) is 0 Å². The highest BCUT2D eigenvalue weighted by molar-refractivity contribution is 5.89. The van der Waals surface area contributed by atoms with Crippen LogP contribution >= 0.6 is 0 Å². The lowest BCUT2D eigenvalue weighted by Crippen LogP contribution is -2.30. The monoisotopic (exact) mass is 530 g/mol. The predicted molar refractivity (Wildman–Crippen MR) is 144 cm³/mol. The predicted octanol–water partition coefficient (Wildman–Crippen LogP) is 2.02. The van der Waals surface area contributed by atoms with Gasteiger partial charge in [0.2, 0.25) is 5.91 Å². The van der Waals surface area contributed by atoms with E-state index in [0.717, 1.165) is 19.3 Å². The number of carboxylic acids is 1. The van der Waals surface area contributed by atoms with Gasteiger partial charge in [-0.1, -0.05) is 30.3 Å². The van der Waals surface area contributed by atoms with Crippen molar-refractivity contribution in [1.29, 1.82) is 0 Å². The molecule has 1 amide bonds. The zero-order chi connectivity index (χ0) is 28.8. The standard InChI is InChI=1S/C9H9NO2.C8H11N.C5H12N2O2.C5H6O3/c1-7(12)10-9-4-2-8(6-11)3-5-9;9-7-6-8-4-2-1-3-5-8;6-3-1-2-4(7)5(8)9;6-4-2-1-3-5(7)8-4/h2-6H,1H3,(H,10,12);1-5H,6-7,9H2;4H,1-3,6-7H2,(H,8,9);1-3H2/t;;4-;/m..0./s1. The Morgan fingerprint density at radius 1 is 1.00 bits per heavy atom. The molecule has 2 aromatic carbocycles. The first-order valence-electron chi connectivity index (χ1n) is 12.1. The van der Waals surface area contributed by atoms with Gasteiger partial charge in [0.15, 0.2) is 0 Å². The Bertz CT molecular complexity index is 969. The van der Waals surface area contributed by atoms with Crippen LogP contribution in [0.15, 0.2) is 54.6 Å². The van der Waals surface area contributed by atoms with Crippen molar-refractivity contribution in [2.75, 3.05) is 18.4 Å². The summed E-state index contributed by atoms with van der Waals surface area (Å²) in [6.07, 6.45) is 4.33. The number of carbonyl (C=O) groups excluding carboxylic acids is 4. The van der Waals surface area contributed by atoms with Gasteiger partial charge in [0.25, 0.3) is 0 Å². The van der Waals surface area contributed by atoms with E-state index in [0.29, 0.717) is 49.9 Å². The number of hydrogen-bond donors (Lipinski definition) is 5. The van der Waals surface area contributed by atoms with E-state index in [1.165, 1.54) is 12.5 Å². The molecule has 0 saturated carbocycles. The molecule has 1 saturated heterocycles. The van der Waals surface area contributed by atoms with Crippen molar-refractivity contribution in [2.24, 2.45) is 17.2 Å². The van der Waals surface area contributed by atoms with Crippen molar-refractivity contribution in [2.45, 2.75) is 51.5 Å². The van der Waals surface area contributed by atoms with Crippen molar-refractivity contribution in [3.8, 4) is 0 Å². The summed E-state index contributed by atoms with van der Waals surface area (Å²) in [5, 5.41) is 10.8. The first-order valence-corrected chi connectivity index (χ1v) is 12.1. The average molecular weight is 531 g/mol. The molecule has 3 rings (SSSR count). The van der Waals surface area contributed by atoms with Crippen LogP contribution in [0, 0.1) is 0 Å². The second-order valence-electron chi connectivity index (χ2n) is 8.02. The summed E-state index contributed by atoms with van der Waals surface area (Å²) in [4.78, 5) is 51.3. The normalized spacial score (nSPS) is 12.5. The molecular formula is C27H38N4O7. The van der Waals surface area contributed by atoms with Crippen LogP contribution in [0.5, 0.6) is 0 Å². The number of nitrogens with two attached hydrogens (primary N) is 3. The Kier molecular flexibility index (Phi) is 19.0. The lowest BCUT2D eigenvalue weighted by atomic mass is 10.2. The number of esters is 2. The number of cyclic esters (lactones) is 2. The van der Waals surface area contributed by atoms with Gasteiger partial charge >= 0.3 is 17.9 Å². The summed E-state index contributed by atoms with van der Waals surface area (Å²) in [5.41, 5.74) is 18.3. The molecule has 8 N–H and O–H groups in total. The van der Waals surface area contributed by atoms with Gasteiger partial charge in [0.05, 0.1) is 0 Å². The molecule has 1 fully saturated rings. The fourth-order valence-corrected chi connectivity index (χ4v) is 2.73.